The number of nitrogens with zero attached hydrogens (tertiary/aromatic N) is 3. The summed E-state index contributed by atoms with van der Waals surface area (Å²) in [4.78, 5) is 2.31. The molecular formula is C15H25N3O3S. The molecule has 1 aliphatic rings. The van der Waals surface area contributed by atoms with E-state index in [1.165, 1.54) is 9.87 Å². The van der Waals surface area contributed by atoms with Gasteiger partial charge in [-0.2, -0.15) is 17.0 Å². The van der Waals surface area contributed by atoms with Crippen LogP contribution in [0.25, 0.3) is 0 Å². The second kappa shape index (κ2) is 7.41. The van der Waals surface area contributed by atoms with E-state index in [1.807, 2.05) is 12.1 Å². The fourth-order valence-electron chi connectivity index (χ4n) is 2.49. The lowest BCUT2D eigenvalue weighted by atomic mass is 10.1. The van der Waals surface area contributed by atoms with Crippen LogP contribution in [-0.2, 0) is 16.6 Å². The Morgan fingerprint density at radius 3 is 2.18 bits per heavy atom. The maximum absolute atomic E-state index is 12.1. The highest BCUT2D eigenvalue weighted by Gasteiger charge is 2.28. The molecule has 0 bridgehead atoms. The number of benzene rings is 1. The van der Waals surface area contributed by atoms with E-state index in [9.17, 15) is 8.42 Å². The van der Waals surface area contributed by atoms with E-state index in [0.29, 0.717) is 13.1 Å². The molecular weight excluding hydrogens is 302 g/mol. The van der Waals surface area contributed by atoms with E-state index in [-0.39, 0.29) is 0 Å². The van der Waals surface area contributed by atoms with Crippen LogP contribution in [0.1, 0.15) is 5.56 Å². The monoisotopic (exact) mass is 327 g/mol. The van der Waals surface area contributed by atoms with Gasteiger partial charge in [0.25, 0.3) is 10.2 Å². The molecule has 1 aromatic rings. The largest absolute Gasteiger partial charge is 0.497 e. The highest BCUT2D eigenvalue weighted by atomic mass is 32.2. The Morgan fingerprint density at radius 2 is 1.68 bits per heavy atom. The molecule has 1 saturated heterocycles. The average molecular weight is 327 g/mol. The van der Waals surface area contributed by atoms with E-state index in [2.05, 4.69) is 17.0 Å². The van der Waals surface area contributed by atoms with E-state index in [1.54, 1.807) is 25.5 Å². The summed E-state index contributed by atoms with van der Waals surface area (Å²) in [5.41, 5.74) is 1.27. The van der Waals surface area contributed by atoms with Gasteiger partial charge in [-0.1, -0.05) is 12.1 Å². The third-order valence-corrected chi connectivity index (χ3v) is 5.94. The summed E-state index contributed by atoms with van der Waals surface area (Å²) < 4.78 is 32.1. The van der Waals surface area contributed by atoms with Crippen LogP contribution in [0.5, 0.6) is 5.75 Å². The molecule has 0 N–H and O–H groups in total. The van der Waals surface area contributed by atoms with Crippen LogP contribution in [0.4, 0.5) is 0 Å². The van der Waals surface area contributed by atoms with Gasteiger partial charge in [0.1, 0.15) is 5.75 Å². The Kier molecular flexibility index (Phi) is 5.80. The maximum Gasteiger partial charge on any atom is 0.281 e. The second-order valence-electron chi connectivity index (χ2n) is 5.63. The number of methoxy groups -OCH3 is 1. The van der Waals surface area contributed by atoms with Crippen molar-refractivity contribution in [3.8, 4) is 5.75 Å². The summed E-state index contributed by atoms with van der Waals surface area (Å²) in [6.45, 7) is 3.63. The zero-order valence-corrected chi connectivity index (χ0v) is 14.3. The number of ether oxygens (including phenoxy) is 1. The topological polar surface area (TPSA) is 53.1 Å². The van der Waals surface area contributed by atoms with E-state index >= 15 is 0 Å². The van der Waals surface area contributed by atoms with E-state index in [0.717, 1.165) is 31.8 Å². The van der Waals surface area contributed by atoms with E-state index < -0.39 is 10.2 Å². The SMILES string of the molecule is COc1ccc(CCN2CCN(S(=O)(=O)N(C)C)CC2)cc1. The Morgan fingerprint density at radius 1 is 1.09 bits per heavy atom. The van der Waals surface area contributed by atoms with Gasteiger partial charge in [-0.3, -0.25) is 0 Å². The predicted molar refractivity (Wildman–Crippen MR) is 87.3 cm³/mol. The Bertz CT molecular complexity index is 564. The molecule has 6 nitrogen and oxygen atoms in total. The fraction of sp³-hybridized carbons (Fsp3) is 0.600. The van der Waals surface area contributed by atoms with Crippen molar-refractivity contribution in [2.24, 2.45) is 0 Å². The second-order valence-corrected chi connectivity index (χ2v) is 7.77. The molecule has 0 aliphatic carbocycles. The first-order valence-corrected chi connectivity index (χ1v) is 8.86. The Balaban J connectivity index is 1.80. The van der Waals surface area contributed by atoms with Gasteiger partial charge < -0.3 is 9.64 Å². The third kappa shape index (κ3) is 4.19. The first-order chi connectivity index (χ1) is 10.4. The number of piperazine rings is 1. The van der Waals surface area contributed by atoms with Gasteiger partial charge in [0.15, 0.2) is 0 Å². The molecule has 0 saturated carbocycles. The van der Waals surface area contributed by atoms with Crippen LogP contribution in [0.15, 0.2) is 24.3 Å². The van der Waals surface area contributed by atoms with Crippen molar-refractivity contribution in [1.29, 1.82) is 0 Å². The summed E-state index contributed by atoms with van der Waals surface area (Å²) in [6, 6.07) is 8.09. The van der Waals surface area contributed by atoms with Crippen molar-refractivity contribution in [2.45, 2.75) is 6.42 Å². The van der Waals surface area contributed by atoms with Crippen LogP contribution >= 0.6 is 0 Å². The van der Waals surface area contributed by atoms with Gasteiger partial charge >= 0.3 is 0 Å². The lowest BCUT2D eigenvalue weighted by Crippen LogP contribution is -2.51. The van der Waals surface area contributed by atoms with Crippen molar-refractivity contribution < 1.29 is 13.2 Å². The molecule has 0 atom stereocenters. The smallest absolute Gasteiger partial charge is 0.281 e. The van der Waals surface area contributed by atoms with Crippen molar-refractivity contribution in [3.05, 3.63) is 29.8 Å². The Hall–Kier alpha value is -1.15. The normalized spacial score (nSPS) is 17.8. The minimum atomic E-state index is -3.27. The number of hydrogen-bond acceptors (Lipinski definition) is 4. The van der Waals surface area contributed by atoms with Crippen molar-refractivity contribution in [3.63, 3.8) is 0 Å². The number of rotatable bonds is 6. The lowest BCUT2D eigenvalue weighted by Gasteiger charge is -2.35. The van der Waals surface area contributed by atoms with Gasteiger partial charge in [0, 0.05) is 46.8 Å². The molecule has 1 heterocycles. The van der Waals surface area contributed by atoms with Gasteiger partial charge in [-0.05, 0) is 24.1 Å². The first kappa shape index (κ1) is 17.2. The van der Waals surface area contributed by atoms with Crippen molar-refractivity contribution in [2.75, 3.05) is 53.9 Å². The Labute approximate surface area is 133 Å². The minimum absolute atomic E-state index is 0.559. The van der Waals surface area contributed by atoms with Gasteiger partial charge in [-0.15, -0.1) is 0 Å². The summed E-state index contributed by atoms with van der Waals surface area (Å²) in [5.74, 6) is 0.867. The van der Waals surface area contributed by atoms with E-state index in [4.69, 9.17) is 4.74 Å². The summed E-state index contributed by atoms with van der Waals surface area (Å²) in [6.07, 6.45) is 0.963. The molecule has 7 heteroatoms. The van der Waals surface area contributed by atoms with Gasteiger partial charge in [0.2, 0.25) is 0 Å². The van der Waals surface area contributed by atoms with Crippen LogP contribution < -0.4 is 4.74 Å². The molecule has 0 radical (unpaired) electrons. The molecule has 2 rings (SSSR count). The predicted octanol–water partition coefficient (Wildman–Crippen LogP) is 0.662. The molecule has 0 aromatic heterocycles. The maximum atomic E-state index is 12.1. The van der Waals surface area contributed by atoms with Crippen LogP contribution in [0, 0.1) is 0 Å². The summed E-state index contributed by atoms with van der Waals surface area (Å²) in [7, 11) is 1.54. The zero-order chi connectivity index (χ0) is 16.2. The van der Waals surface area contributed by atoms with Gasteiger partial charge in [0.05, 0.1) is 7.11 Å². The summed E-state index contributed by atoms with van der Waals surface area (Å²) in [5, 5.41) is 0. The van der Waals surface area contributed by atoms with Crippen LogP contribution in [0.2, 0.25) is 0 Å². The quantitative estimate of drug-likeness (QED) is 0.770. The highest BCUT2D eigenvalue weighted by Crippen LogP contribution is 2.13. The number of hydrogen-bond donors (Lipinski definition) is 0. The molecule has 124 valence electrons. The highest BCUT2D eigenvalue weighted by molar-refractivity contribution is 7.86. The minimum Gasteiger partial charge on any atom is -0.497 e. The molecule has 1 fully saturated rings. The van der Waals surface area contributed by atoms with Gasteiger partial charge in [-0.25, -0.2) is 0 Å². The molecule has 1 aromatic carbocycles. The zero-order valence-electron chi connectivity index (χ0n) is 13.5. The fourth-order valence-corrected chi connectivity index (χ4v) is 3.58. The molecule has 0 spiro atoms. The summed E-state index contributed by atoms with van der Waals surface area (Å²) >= 11 is 0. The lowest BCUT2D eigenvalue weighted by molar-refractivity contribution is 0.185. The van der Waals surface area contributed by atoms with Crippen LogP contribution in [-0.4, -0.2) is 75.9 Å². The van der Waals surface area contributed by atoms with Crippen LogP contribution in [0.3, 0.4) is 0 Å². The molecule has 0 amide bonds. The van der Waals surface area contributed by atoms with Crippen molar-refractivity contribution in [1.82, 2.24) is 13.5 Å². The standard InChI is InChI=1S/C15H25N3O3S/c1-16(2)22(19,20)18-12-10-17(11-13-18)9-8-14-4-6-15(21-3)7-5-14/h4-7H,8-13H2,1-3H3. The van der Waals surface area contributed by atoms with Crippen molar-refractivity contribution >= 4 is 10.2 Å². The molecule has 22 heavy (non-hydrogen) atoms. The molecule has 1 aliphatic heterocycles. The third-order valence-electron chi connectivity index (χ3n) is 3.99. The molecule has 0 unspecified atom stereocenters. The first-order valence-electron chi connectivity index (χ1n) is 7.46. The average Bonchev–Trinajstić information content (AvgIpc) is 2.53.